The third-order valence-electron chi connectivity index (χ3n) is 4.78. The lowest BCUT2D eigenvalue weighted by Crippen LogP contribution is -2.43. The van der Waals surface area contributed by atoms with Gasteiger partial charge >= 0.3 is 5.97 Å². The van der Waals surface area contributed by atoms with Crippen LogP contribution in [0.3, 0.4) is 0 Å². The van der Waals surface area contributed by atoms with E-state index >= 15 is 0 Å². The SMILES string of the molecule is CC(CN1CCC2(CCCCC2)CC1)C(=O)O. The molecule has 2 rings (SSSR count). The Hall–Kier alpha value is -0.570. The van der Waals surface area contributed by atoms with Gasteiger partial charge in [-0.15, -0.1) is 0 Å². The predicted octanol–water partition coefficient (Wildman–Crippen LogP) is 2.75. The van der Waals surface area contributed by atoms with E-state index in [9.17, 15) is 4.79 Å². The molecular weight excluding hydrogens is 214 g/mol. The summed E-state index contributed by atoms with van der Waals surface area (Å²) < 4.78 is 0. The Bertz CT molecular complexity index is 261. The molecule has 1 aliphatic carbocycles. The average Bonchev–Trinajstić information content (AvgIpc) is 2.33. The van der Waals surface area contributed by atoms with E-state index in [0.29, 0.717) is 5.41 Å². The Labute approximate surface area is 104 Å². The van der Waals surface area contributed by atoms with Crippen molar-refractivity contribution in [2.75, 3.05) is 19.6 Å². The van der Waals surface area contributed by atoms with Crippen molar-refractivity contribution in [3.63, 3.8) is 0 Å². The van der Waals surface area contributed by atoms with Gasteiger partial charge in [0, 0.05) is 6.54 Å². The molecule has 0 radical (unpaired) electrons. The van der Waals surface area contributed by atoms with Crippen LogP contribution in [0, 0.1) is 11.3 Å². The van der Waals surface area contributed by atoms with Gasteiger partial charge < -0.3 is 10.0 Å². The van der Waals surface area contributed by atoms with Crippen LogP contribution in [0.15, 0.2) is 0 Å². The van der Waals surface area contributed by atoms with Crippen molar-refractivity contribution in [2.24, 2.45) is 11.3 Å². The number of piperidine rings is 1. The van der Waals surface area contributed by atoms with E-state index in [1.54, 1.807) is 0 Å². The van der Waals surface area contributed by atoms with Gasteiger partial charge in [-0.3, -0.25) is 4.79 Å². The van der Waals surface area contributed by atoms with Crippen LogP contribution in [0.1, 0.15) is 51.9 Å². The van der Waals surface area contributed by atoms with Gasteiger partial charge in [0.2, 0.25) is 0 Å². The molecular formula is C14H25NO2. The number of hydrogen-bond donors (Lipinski definition) is 1. The molecule has 17 heavy (non-hydrogen) atoms. The highest BCUT2D eigenvalue weighted by molar-refractivity contribution is 5.69. The summed E-state index contributed by atoms with van der Waals surface area (Å²) >= 11 is 0. The topological polar surface area (TPSA) is 40.5 Å². The summed E-state index contributed by atoms with van der Waals surface area (Å²) in [6.45, 7) is 4.76. The van der Waals surface area contributed by atoms with E-state index in [4.69, 9.17) is 5.11 Å². The van der Waals surface area contributed by atoms with Crippen LogP contribution in [0.25, 0.3) is 0 Å². The van der Waals surface area contributed by atoms with Gasteiger partial charge in [-0.25, -0.2) is 0 Å². The van der Waals surface area contributed by atoms with Gasteiger partial charge in [0.15, 0.2) is 0 Å². The van der Waals surface area contributed by atoms with Crippen LogP contribution in [-0.2, 0) is 4.79 Å². The van der Waals surface area contributed by atoms with Crippen LogP contribution in [0.2, 0.25) is 0 Å². The maximum absolute atomic E-state index is 10.8. The molecule has 1 unspecified atom stereocenters. The minimum Gasteiger partial charge on any atom is -0.481 e. The molecule has 0 aromatic carbocycles. The molecule has 1 saturated carbocycles. The first-order chi connectivity index (χ1) is 8.11. The Kier molecular flexibility index (Phi) is 4.08. The Morgan fingerprint density at radius 1 is 1.18 bits per heavy atom. The zero-order valence-corrected chi connectivity index (χ0v) is 11.0. The van der Waals surface area contributed by atoms with E-state index in [-0.39, 0.29) is 5.92 Å². The molecule has 1 spiro atoms. The normalized spacial score (nSPS) is 26.9. The van der Waals surface area contributed by atoms with E-state index < -0.39 is 5.97 Å². The van der Waals surface area contributed by atoms with E-state index in [1.165, 1.54) is 44.9 Å². The number of nitrogens with zero attached hydrogens (tertiary/aromatic N) is 1. The highest BCUT2D eigenvalue weighted by Crippen LogP contribution is 2.44. The monoisotopic (exact) mass is 239 g/mol. The van der Waals surface area contributed by atoms with Gasteiger partial charge in [0.25, 0.3) is 0 Å². The van der Waals surface area contributed by atoms with Gasteiger partial charge in [-0.05, 0) is 44.2 Å². The summed E-state index contributed by atoms with van der Waals surface area (Å²) in [6, 6.07) is 0. The molecule has 0 bridgehead atoms. The third kappa shape index (κ3) is 3.21. The van der Waals surface area contributed by atoms with Crippen LogP contribution < -0.4 is 0 Å². The largest absolute Gasteiger partial charge is 0.481 e. The number of carboxylic acid groups (broad SMARTS) is 1. The number of carboxylic acids is 1. The minimum absolute atomic E-state index is 0.226. The van der Waals surface area contributed by atoms with Gasteiger partial charge in [0.1, 0.15) is 0 Å². The molecule has 98 valence electrons. The number of hydrogen-bond acceptors (Lipinski definition) is 2. The van der Waals surface area contributed by atoms with Gasteiger partial charge in [-0.1, -0.05) is 26.2 Å². The fraction of sp³-hybridized carbons (Fsp3) is 0.929. The maximum Gasteiger partial charge on any atom is 0.307 e. The molecule has 1 atom stereocenters. The van der Waals surface area contributed by atoms with E-state index in [2.05, 4.69) is 4.90 Å². The van der Waals surface area contributed by atoms with Gasteiger partial charge in [0.05, 0.1) is 5.92 Å². The lowest BCUT2D eigenvalue weighted by Gasteiger charge is -2.44. The second kappa shape index (κ2) is 5.38. The Morgan fingerprint density at radius 2 is 1.76 bits per heavy atom. The first-order valence-corrected chi connectivity index (χ1v) is 7.06. The number of carbonyl (C=O) groups is 1. The fourth-order valence-electron chi connectivity index (χ4n) is 3.48. The summed E-state index contributed by atoms with van der Waals surface area (Å²) in [5, 5.41) is 8.93. The maximum atomic E-state index is 10.8. The number of likely N-dealkylation sites (tertiary alicyclic amines) is 1. The van der Waals surface area contributed by atoms with E-state index in [0.717, 1.165) is 19.6 Å². The van der Waals surface area contributed by atoms with Crippen LogP contribution in [0.4, 0.5) is 0 Å². The second-order valence-corrected chi connectivity index (χ2v) is 6.10. The van der Waals surface area contributed by atoms with Crippen LogP contribution in [0.5, 0.6) is 0 Å². The van der Waals surface area contributed by atoms with Crippen LogP contribution >= 0.6 is 0 Å². The molecule has 1 N–H and O–H groups in total. The second-order valence-electron chi connectivity index (χ2n) is 6.10. The van der Waals surface area contributed by atoms with Crippen molar-refractivity contribution in [3.05, 3.63) is 0 Å². The molecule has 1 saturated heterocycles. The smallest absolute Gasteiger partial charge is 0.307 e. The number of aliphatic carboxylic acids is 1. The van der Waals surface area contributed by atoms with E-state index in [1.807, 2.05) is 6.92 Å². The van der Waals surface area contributed by atoms with Crippen LogP contribution in [-0.4, -0.2) is 35.6 Å². The molecule has 1 aliphatic heterocycles. The lowest BCUT2D eigenvalue weighted by atomic mass is 9.68. The first kappa shape index (κ1) is 12.9. The van der Waals surface area contributed by atoms with Crippen molar-refractivity contribution in [3.8, 4) is 0 Å². The van der Waals surface area contributed by atoms with Crippen molar-refractivity contribution < 1.29 is 9.90 Å². The summed E-state index contributed by atoms with van der Waals surface area (Å²) in [7, 11) is 0. The third-order valence-corrected chi connectivity index (χ3v) is 4.78. The predicted molar refractivity (Wildman–Crippen MR) is 68.0 cm³/mol. The average molecular weight is 239 g/mol. The molecule has 3 nitrogen and oxygen atoms in total. The summed E-state index contributed by atoms with van der Waals surface area (Å²) in [4.78, 5) is 13.2. The summed E-state index contributed by atoms with van der Waals surface area (Å²) in [6.07, 6.45) is 9.64. The quantitative estimate of drug-likeness (QED) is 0.823. The zero-order valence-electron chi connectivity index (χ0n) is 11.0. The molecule has 0 aromatic rings. The molecule has 2 fully saturated rings. The molecule has 0 amide bonds. The number of rotatable bonds is 3. The van der Waals surface area contributed by atoms with Crippen molar-refractivity contribution >= 4 is 5.97 Å². The molecule has 1 heterocycles. The van der Waals surface area contributed by atoms with Crippen molar-refractivity contribution in [1.29, 1.82) is 0 Å². The summed E-state index contributed by atoms with van der Waals surface area (Å²) in [5.41, 5.74) is 0.626. The first-order valence-electron chi connectivity index (χ1n) is 7.06. The zero-order chi connectivity index (χ0) is 12.3. The Morgan fingerprint density at radius 3 is 2.29 bits per heavy atom. The highest BCUT2D eigenvalue weighted by Gasteiger charge is 2.35. The molecule has 2 aliphatic rings. The standard InChI is InChI=1S/C14H25NO2/c1-12(13(16)17)11-15-9-7-14(8-10-15)5-3-2-4-6-14/h12H,2-11H2,1H3,(H,16,17). The Balaban J connectivity index is 1.79. The fourth-order valence-corrected chi connectivity index (χ4v) is 3.48. The molecule has 0 aromatic heterocycles. The summed E-state index contributed by atoms with van der Waals surface area (Å²) in [5.74, 6) is -0.890. The van der Waals surface area contributed by atoms with Gasteiger partial charge in [-0.2, -0.15) is 0 Å². The minimum atomic E-state index is -0.664. The molecule has 3 heteroatoms. The highest BCUT2D eigenvalue weighted by atomic mass is 16.4. The van der Waals surface area contributed by atoms with Crippen molar-refractivity contribution in [2.45, 2.75) is 51.9 Å². The van der Waals surface area contributed by atoms with Crippen molar-refractivity contribution in [1.82, 2.24) is 4.90 Å². The lowest BCUT2D eigenvalue weighted by molar-refractivity contribution is -0.142.